The average Bonchev–Trinajstić information content (AvgIpc) is 3.85. The van der Waals surface area contributed by atoms with Crippen LogP contribution in [-0.4, -0.2) is 29.9 Å². The van der Waals surface area contributed by atoms with Crippen molar-refractivity contribution in [2.45, 2.75) is 0 Å². The highest BCUT2D eigenvalue weighted by molar-refractivity contribution is 6.10. The van der Waals surface area contributed by atoms with Gasteiger partial charge in [-0.1, -0.05) is 60.7 Å². The van der Waals surface area contributed by atoms with Crippen molar-refractivity contribution >= 4 is 44.1 Å². The number of pyridine rings is 6. The van der Waals surface area contributed by atoms with Gasteiger partial charge >= 0.3 is 0 Å². The molecule has 8 heterocycles. The molecule has 0 N–H and O–H groups in total. The number of fused-ring (bicyclic) bond motifs is 6. The van der Waals surface area contributed by atoms with E-state index < -0.39 is 0 Å². The molecule has 0 saturated carbocycles. The van der Waals surface area contributed by atoms with Crippen LogP contribution in [0.15, 0.2) is 179 Å². The molecule has 0 fully saturated rings. The normalized spacial score (nSPS) is 11.6. The van der Waals surface area contributed by atoms with Gasteiger partial charge in [-0.05, 0) is 95.1 Å². The van der Waals surface area contributed by atoms with Crippen molar-refractivity contribution < 1.29 is 8.83 Å². The summed E-state index contributed by atoms with van der Waals surface area (Å²) in [6.45, 7) is 0. The molecule has 8 nitrogen and oxygen atoms in total. The smallest absolute Gasteiger partial charge is 0.161 e. The summed E-state index contributed by atoms with van der Waals surface area (Å²) in [5, 5.41) is 1.91. The molecular weight excluding hydrogens is 693 g/mol. The maximum Gasteiger partial charge on any atom is 0.161 e. The molecule has 0 saturated heterocycles. The van der Waals surface area contributed by atoms with Gasteiger partial charge in [-0.2, -0.15) is 0 Å². The van der Waals surface area contributed by atoms with Crippen molar-refractivity contribution in [1.29, 1.82) is 0 Å². The summed E-state index contributed by atoms with van der Waals surface area (Å²) in [5.74, 6) is 0. The molecule has 8 aromatic heterocycles. The Balaban J connectivity index is 0.902. The lowest BCUT2D eigenvalue weighted by atomic mass is 9.99. The van der Waals surface area contributed by atoms with Crippen molar-refractivity contribution in [3.63, 3.8) is 0 Å². The van der Waals surface area contributed by atoms with Gasteiger partial charge in [-0.25, -0.2) is 0 Å². The molecule has 0 radical (unpaired) electrons. The first-order valence-electron chi connectivity index (χ1n) is 18.2. The first-order valence-corrected chi connectivity index (χ1v) is 18.2. The summed E-state index contributed by atoms with van der Waals surface area (Å²) in [7, 11) is 0. The summed E-state index contributed by atoms with van der Waals surface area (Å²) in [6, 6.07) is 44.6. The third kappa shape index (κ3) is 5.39. The van der Waals surface area contributed by atoms with Crippen LogP contribution >= 0.6 is 0 Å². The van der Waals surface area contributed by atoms with Gasteiger partial charge in [0.15, 0.2) is 11.2 Å². The van der Waals surface area contributed by atoms with Crippen molar-refractivity contribution in [1.82, 2.24) is 29.9 Å². The summed E-state index contributed by atoms with van der Waals surface area (Å²) < 4.78 is 12.9. The maximum atomic E-state index is 6.46. The molecule has 0 unspecified atom stereocenters. The lowest BCUT2D eigenvalue weighted by Gasteiger charge is -2.06. The number of hydrogen-bond donors (Lipinski definition) is 0. The van der Waals surface area contributed by atoms with E-state index in [2.05, 4.69) is 80.6 Å². The molecule has 0 atom stereocenters. The van der Waals surface area contributed by atoms with Gasteiger partial charge in [0.25, 0.3) is 0 Å². The summed E-state index contributed by atoms with van der Waals surface area (Å²) in [6.07, 6.45) is 11.0. The van der Waals surface area contributed by atoms with Crippen LogP contribution in [0.4, 0.5) is 0 Å². The highest BCUT2D eigenvalue weighted by atomic mass is 16.3. The number of rotatable bonds is 6. The topological polar surface area (TPSA) is 104 Å². The molecule has 0 aliphatic carbocycles. The molecule has 0 amide bonds. The lowest BCUT2D eigenvalue weighted by molar-refractivity contribution is 0.669. The maximum absolute atomic E-state index is 6.46. The first kappa shape index (κ1) is 31.7. The molecule has 8 heteroatoms. The van der Waals surface area contributed by atoms with E-state index in [0.717, 1.165) is 111 Å². The molecule has 262 valence electrons. The van der Waals surface area contributed by atoms with E-state index in [1.165, 1.54) is 0 Å². The predicted molar refractivity (Wildman–Crippen MR) is 220 cm³/mol. The largest absolute Gasteiger partial charge is 0.454 e. The van der Waals surface area contributed by atoms with Gasteiger partial charge < -0.3 is 8.83 Å². The van der Waals surface area contributed by atoms with E-state index in [-0.39, 0.29) is 0 Å². The van der Waals surface area contributed by atoms with Crippen LogP contribution < -0.4 is 0 Å². The second kappa shape index (κ2) is 12.9. The summed E-state index contributed by atoms with van der Waals surface area (Å²) in [4.78, 5) is 27.7. The summed E-state index contributed by atoms with van der Waals surface area (Å²) in [5.41, 5.74) is 16.1. The fraction of sp³-hybridized carbons (Fsp3) is 0. The molecule has 11 aromatic rings. The Morgan fingerprint density at radius 2 is 0.750 bits per heavy atom. The van der Waals surface area contributed by atoms with Crippen molar-refractivity contribution in [2.24, 2.45) is 0 Å². The first-order chi connectivity index (χ1) is 27.7. The third-order valence-electron chi connectivity index (χ3n) is 10.3. The van der Waals surface area contributed by atoms with E-state index in [1.807, 2.05) is 97.6 Å². The number of benzene rings is 3. The molecule has 3 aromatic carbocycles. The molecule has 11 rings (SSSR count). The second-order valence-electron chi connectivity index (χ2n) is 13.6. The highest BCUT2D eigenvalue weighted by Crippen LogP contribution is 2.39. The molecule has 0 aliphatic rings. The van der Waals surface area contributed by atoms with Crippen LogP contribution in [0.1, 0.15) is 0 Å². The minimum Gasteiger partial charge on any atom is -0.454 e. The van der Waals surface area contributed by atoms with E-state index in [1.54, 1.807) is 12.4 Å². The fourth-order valence-electron chi connectivity index (χ4n) is 7.42. The zero-order chi connectivity index (χ0) is 37.0. The monoisotopic (exact) mass is 720 g/mol. The van der Waals surface area contributed by atoms with Crippen molar-refractivity contribution in [3.05, 3.63) is 171 Å². The molecule has 56 heavy (non-hydrogen) atoms. The molecular formula is C48H28N6O2. The zero-order valence-electron chi connectivity index (χ0n) is 29.7. The molecule has 0 bridgehead atoms. The van der Waals surface area contributed by atoms with Crippen LogP contribution in [0, 0.1) is 0 Å². The van der Waals surface area contributed by atoms with Gasteiger partial charge in [-0.3, -0.25) is 29.9 Å². The SMILES string of the molecule is c1ccc(-c2ccc(-c3ccc4oc5c(-c6ccc(-c7ccnc8c7oc7ccc(-c9ccc(-c%10ccccn%10)nc9)cc78)cc6)ccnc5c4c3)cn2)nc1. The van der Waals surface area contributed by atoms with Crippen molar-refractivity contribution in [3.8, 4) is 67.3 Å². The zero-order valence-corrected chi connectivity index (χ0v) is 29.7. The molecule has 0 aliphatic heterocycles. The van der Waals surface area contributed by atoms with Crippen LogP contribution in [0.5, 0.6) is 0 Å². The van der Waals surface area contributed by atoms with Crippen LogP contribution in [-0.2, 0) is 0 Å². The summed E-state index contributed by atoms with van der Waals surface area (Å²) >= 11 is 0. The van der Waals surface area contributed by atoms with Crippen LogP contribution in [0.25, 0.3) is 111 Å². The number of furan rings is 2. The van der Waals surface area contributed by atoms with E-state index in [0.29, 0.717) is 0 Å². The van der Waals surface area contributed by atoms with Gasteiger partial charge in [0.1, 0.15) is 22.2 Å². The van der Waals surface area contributed by atoms with E-state index >= 15 is 0 Å². The Morgan fingerprint density at radius 3 is 1.16 bits per heavy atom. The Bertz CT molecular complexity index is 2990. The minimum absolute atomic E-state index is 0.747. The van der Waals surface area contributed by atoms with Crippen LogP contribution in [0.3, 0.4) is 0 Å². The van der Waals surface area contributed by atoms with E-state index in [4.69, 9.17) is 18.8 Å². The number of aromatic nitrogens is 6. The Hall–Kier alpha value is -7.84. The second-order valence-corrected chi connectivity index (χ2v) is 13.6. The van der Waals surface area contributed by atoms with Gasteiger partial charge in [0, 0.05) is 70.2 Å². The number of hydrogen-bond acceptors (Lipinski definition) is 8. The van der Waals surface area contributed by atoms with Gasteiger partial charge in [0.2, 0.25) is 0 Å². The minimum atomic E-state index is 0.747. The standard InChI is InChI=1S/C48H28N6O2/c1-3-21-49-39(5-1)41-15-11-33(27-53-41)31-13-17-43-37(25-31)45-47(55-43)35(19-23-51-45)29-7-9-30(10-8-29)36-20-24-52-46-38-26-32(14-18-44(38)56-48(36)46)34-12-16-42(54-28-34)40-6-2-4-22-50-40/h1-28H. The fourth-order valence-corrected chi connectivity index (χ4v) is 7.42. The molecule has 0 spiro atoms. The van der Waals surface area contributed by atoms with Crippen LogP contribution in [0.2, 0.25) is 0 Å². The highest BCUT2D eigenvalue weighted by Gasteiger charge is 2.17. The Morgan fingerprint density at radius 1 is 0.321 bits per heavy atom. The number of nitrogens with zero attached hydrogens (tertiary/aromatic N) is 6. The van der Waals surface area contributed by atoms with Gasteiger partial charge in [-0.15, -0.1) is 0 Å². The predicted octanol–water partition coefficient (Wildman–Crippen LogP) is 11.9. The Kier molecular flexibility index (Phi) is 7.31. The average molecular weight is 721 g/mol. The van der Waals surface area contributed by atoms with E-state index in [9.17, 15) is 0 Å². The lowest BCUT2D eigenvalue weighted by Crippen LogP contribution is -1.87. The quantitative estimate of drug-likeness (QED) is 0.167. The van der Waals surface area contributed by atoms with Crippen molar-refractivity contribution in [2.75, 3.05) is 0 Å². The Labute approximate surface area is 319 Å². The van der Waals surface area contributed by atoms with Gasteiger partial charge in [0.05, 0.1) is 22.8 Å². The third-order valence-corrected chi connectivity index (χ3v) is 10.3.